The lowest BCUT2D eigenvalue weighted by atomic mass is 10.0. The van der Waals surface area contributed by atoms with Crippen molar-refractivity contribution in [3.05, 3.63) is 34.6 Å². The van der Waals surface area contributed by atoms with Crippen LogP contribution in [0, 0.1) is 5.82 Å². The molecule has 16 heavy (non-hydrogen) atoms. The molecule has 1 rings (SSSR count). The molecule has 0 aromatic heterocycles. The van der Waals surface area contributed by atoms with Gasteiger partial charge in [0.1, 0.15) is 5.82 Å². The topological polar surface area (TPSA) is 32.3 Å². The number of halogens is 2. The van der Waals surface area contributed by atoms with Crippen LogP contribution < -0.4 is 5.32 Å². The van der Waals surface area contributed by atoms with Crippen molar-refractivity contribution >= 4 is 11.6 Å². The van der Waals surface area contributed by atoms with Gasteiger partial charge in [-0.05, 0) is 19.4 Å². The summed E-state index contributed by atoms with van der Waals surface area (Å²) in [6.07, 6.45) is 0.738. The molecule has 1 aromatic carbocycles. The highest BCUT2D eigenvalue weighted by Gasteiger charge is 2.17. The molecule has 0 spiro atoms. The summed E-state index contributed by atoms with van der Waals surface area (Å²) in [6.45, 7) is 3.84. The van der Waals surface area contributed by atoms with Crippen LogP contribution >= 0.6 is 11.6 Å². The summed E-state index contributed by atoms with van der Waals surface area (Å²) in [5.74, 6) is -0.381. The molecule has 0 aliphatic rings. The molecular weight excluding hydrogens is 229 g/mol. The smallest absolute Gasteiger partial charge is 0.146 e. The monoisotopic (exact) mass is 245 g/mol. The fraction of sp³-hybridized carbons (Fsp3) is 0.500. The number of aliphatic hydroxyl groups excluding tert-OH is 1. The largest absolute Gasteiger partial charge is 0.395 e. The normalized spacial score (nSPS) is 14.8. The molecule has 0 aliphatic carbocycles. The fourth-order valence-electron chi connectivity index (χ4n) is 1.61. The molecule has 0 saturated carbocycles. The van der Waals surface area contributed by atoms with Gasteiger partial charge in [-0.2, -0.15) is 0 Å². The van der Waals surface area contributed by atoms with Gasteiger partial charge in [-0.15, -0.1) is 0 Å². The van der Waals surface area contributed by atoms with Gasteiger partial charge in [0.2, 0.25) is 0 Å². The van der Waals surface area contributed by atoms with Gasteiger partial charge in [-0.25, -0.2) is 4.39 Å². The van der Waals surface area contributed by atoms with Crippen LogP contribution in [0.25, 0.3) is 0 Å². The van der Waals surface area contributed by atoms with Crippen molar-refractivity contribution in [1.82, 2.24) is 5.32 Å². The van der Waals surface area contributed by atoms with Crippen LogP contribution in [-0.2, 0) is 0 Å². The lowest BCUT2D eigenvalue weighted by Gasteiger charge is -2.22. The highest BCUT2D eigenvalue weighted by Crippen LogP contribution is 2.25. The number of hydrogen-bond acceptors (Lipinski definition) is 2. The summed E-state index contributed by atoms with van der Waals surface area (Å²) in [5, 5.41) is 12.3. The third kappa shape index (κ3) is 3.17. The lowest BCUT2D eigenvalue weighted by Crippen LogP contribution is -2.33. The number of hydrogen-bond donors (Lipinski definition) is 2. The van der Waals surface area contributed by atoms with Gasteiger partial charge in [-0.3, -0.25) is 0 Å². The minimum atomic E-state index is -0.381. The van der Waals surface area contributed by atoms with E-state index in [0.717, 1.165) is 6.42 Å². The molecule has 0 radical (unpaired) electrons. The molecule has 0 fully saturated rings. The predicted molar refractivity (Wildman–Crippen MR) is 64.1 cm³/mol. The third-order valence-corrected chi connectivity index (χ3v) is 2.82. The quantitative estimate of drug-likeness (QED) is 0.836. The fourth-order valence-corrected chi connectivity index (χ4v) is 1.80. The van der Waals surface area contributed by atoms with Gasteiger partial charge in [0.25, 0.3) is 0 Å². The Kier molecular flexibility index (Phi) is 5.19. The van der Waals surface area contributed by atoms with E-state index < -0.39 is 0 Å². The summed E-state index contributed by atoms with van der Waals surface area (Å²) in [4.78, 5) is 0. The molecular formula is C12H17ClFNO. The summed E-state index contributed by atoms with van der Waals surface area (Å²) < 4.78 is 13.8. The van der Waals surface area contributed by atoms with Crippen LogP contribution in [0.4, 0.5) is 4.39 Å². The number of benzene rings is 1. The highest BCUT2D eigenvalue weighted by molar-refractivity contribution is 6.30. The van der Waals surface area contributed by atoms with Gasteiger partial charge in [0.05, 0.1) is 11.6 Å². The average molecular weight is 246 g/mol. The van der Waals surface area contributed by atoms with Gasteiger partial charge < -0.3 is 10.4 Å². The molecule has 2 N–H and O–H groups in total. The standard InChI is InChI=1S/C12H17ClFNO/c1-3-11(15-8(2)7-16)9-5-4-6-10(13)12(9)14/h4-6,8,11,15-16H,3,7H2,1-2H3/t8-,11-/m0/s1. The van der Waals surface area contributed by atoms with Crippen molar-refractivity contribution in [2.24, 2.45) is 0 Å². The lowest BCUT2D eigenvalue weighted by molar-refractivity contribution is 0.238. The van der Waals surface area contributed by atoms with Gasteiger partial charge in [0, 0.05) is 17.6 Å². The molecule has 1 aromatic rings. The van der Waals surface area contributed by atoms with E-state index in [1.54, 1.807) is 12.1 Å². The minimum Gasteiger partial charge on any atom is -0.395 e. The first-order chi connectivity index (χ1) is 7.60. The summed E-state index contributed by atoms with van der Waals surface area (Å²) in [7, 11) is 0. The first-order valence-electron chi connectivity index (χ1n) is 5.41. The van der Waals surface area contributed by atoms with Crippen LogP contribution in [0.2, 0.25) is 5.02 Å². The molecule has 0 saturated heterocycles. The highest BCUT2D eigenvalue weighted by atomic mass is 35.5. The number of nitrogens with one attached hydrogen (secondary N) is 1. The van der Waals surface area contributed by atoms with Crippen molar-refractivity contribution in [3.8, 4) is 0 Å². The first kappa shape index (κ1) is 13.4. The first-order valence-corrected chi connectivity index (χ1v) is 5.78. The zero-order valence-electron chi connectivity index (χ0n) is 9.50. The Morgan fingerprint density at radius 3 is 2.75 bits per heavy atom. The molecule has 2 nitrogen and oxygen atoms in total. The molecule has 0 aliphatic heterocycles. The second-order valence-electron chi connectivity index (χ2n) is 3.85. The Balaban J connectivity index is 2.90. The van der Waals surface area contributed by atoms with E-state index in [9.17, 15) is 4.39 Å². The van der Waals surface area contributed by atoms with E-state index in [-0.39, 0.29) is 29.5 Å². The van der Waals surface area contributed by atoms with Crippen LogP contribution in [0.5, 0.6) is 0 Å². The van der Waals surface area contributed by atoms with Crippen LogP contribution in [-0.4, -0.2) is 17.8 Å². The Hall–Kier alpha value is -0.640. The summed E-state index contributed by atoms with van der Waals surface area (Å²) in [6, 6.07) is 4.79. The van der Waals surface area contributed by atoms with Crippen molar-refractivity contribution < 1.29 is 9.50 Å². The molecule has 4 heteroatoms. The summed E-state index contributed by atoms with van der Waals surface area (Å²) in [5.41, 5.74) is 0.551. The molecule has 90 valence electrons. The Labute approximate surface area is 100 Å². The van der Waals surface area contributed by atoms with E-state index in [2.05, 4.69) is 5.32 Å². The van der Waals surface area contributed by atoms with E-state index in [4.69, 9.17) is 16.7 Å². The van der Waals surface area contributed by atoms with E-state index in [1.165, 1.54) is 6.07 Å². The minimum absolute atomic E-state index is 0.0265. The maximum atomic E-state index is 13.8. The van der Waals surface area contributed by atoms with E-state index in [1.807, 2.05) is 13.8 Å². The number of aliphatic hydroxyl groups is 1. The zero-order chi connectivity index (χ0) is 12.1. The van der Waals surface area contributed by atoms with E-state index in [0.29, 0.717) is 5.56 Å². The van der Waals surface area contributed by atoms with Crippen molar-refractivity contribution in [1.29, 1.82) is 0 Å². The van der Waals surface area contributed by atoms with Gasteiger partial charge >= 0.3 is 0 Å². The van der Waals surface area contributed by atoms with Crippen molar-refractivity contribution in [2.45, 2.75) is 32.4 Å². The zero-order valence-corrected chi connectivity index (χ0v) is 10.3. The number of rotatable bonds is 5. The second-order valence-corrected chi connectivity index (χ2v) is 4.26. The molecule has 0 bridgehead atoms. The third-order valence-electron chi connectivity index (χ3n) is 2.52. The predicted octanol–water partition coefficient (Wildman–Crippen LogP) is 2.90. The van der Waals surface area contributed by atoms with Crippen LogP contribution in [0.1, 0.15) is 31.9 Å². The maximum absolute atomic E-state index is 13.8. The second kappa shape index (κ2) is 6.18. The van der Waals surface area contributed by atoms with Crippen molar-refractivity contribution in [3.63, 3.8) is 0 Å². The van der Waals surface area contributed by atoms with Crippen molar-refractivity contribution in [2.75, 3.05) is 6.61 Å². The average Bonchev–Trinajstić information content (AvgIpc) is 2.29. The molecule has 0 unspecified atom stereocenters. The maximum Gasteiger partial charge on any atom is 0.146 e. The van der Waals surface area contributed by atoms with Crippen LogP contribution in [0.15, 0.2) is 18.2 Å². The molecule has 0 amide bonds. The Bertz CT molecular complexity index is 346. The Morgan fingerprint density at radius 2 is 2.19 bits per heavy atom. The van der Waals surface area contributed by atoms with Gasteiger partial charge in [-0.1, -0.05) is 30.7 Å². The van der Waals surface area contributed by atoms with Gasteiger partial charge in [0.15, 0.2) is 0 Å². The van der Waals surface area contributed by atoms with Crippen LogP contribution in [0.3, 0.4) is 0 Å². The molecule has 2 atom stereocenters. The van der Waals surface area contributed by atoms with E-state index >= 15 is 0 Å². The SMILES string of the molecule is CC[C@H](N[C@@H](C)CO)c1cccc(Cl)c1F. The molecule has 0 heterocycles. The Morgan fingerprint density at radius 1 is 1.50 bits per heavy atom. The summed E-state index contributed by atoms with van der Waals surface area (Å²) >= 11 is 5.73.